The van der Waals surface area contributed by atoms with E-state index in [9.17, 15) is 5.11 Å². The number of benzene rings is 2. The highest BCUT2D eigenvalue weighted by Gasteiger charge is 2.53. The van der Waals surface area contributed by atoms with Gasteiger partial charge in [-0.15, -0.1) is 14.0 Å². The minimum Gasteiger partial charge on any atom is -0.504 e. The molecule has 1 N–H and O–H groups in total. The van der Waals surface area contributed by atoms with Crippen LogP contribution in [0.2, 0.25) is 0 Å². The average molecular weight is 374 g/mol. The zero-order valence-corrected chi connectivity index (χ0v) is 17.3. The van der Waals surface area contributed by atoms with Crippen molar-refractivity contribution in [2.45, 2.75) is 0 Å². The molecule has 26 heavy (non-hydrogen) atoms. The van der Waals surface area contributed by atoms with Crippen molar-refractivity contribution in [2.75, 3.05) is 42.3 Å². The summed E-state index contributed by atoms with van der Waals surface area (Å²) in [4.78, 5) is 0. The molecule has 2 rings (SSSR count). The molecule has 0 amide bonds. The van der Waals surface area contributed by atoms with E-state index in [0.29, 0.717) is 5.76 Å². The van der Waals surface area contributed by atoms with Crippen LogP contribution < -0.4 is 0 Å². The van der Waals surface area contributed by atoms with E-state index in [-0.39, 0.29) is 5.76 Å². The summed E-state index contributed by atoms with van der Waals surface area (Å²) < 4.78 is 12.9. The van der Waals surface area contributed by atoms with Gasteiger partial charge in [0.2, 0.25) is 5.76 Å². The second kappa shape index (κ2) is 8.65. The molecular formula is C20H29N3O2P+. The van der Waals surface area contributed by atoms with Crippen LogP contribution in [0.5, 0.6) is 0 Å². The molecular weight excluding hydrogens is 345 g/mol. The molecule has 140 valence electrons. The van der Waals surface area contributed by atoms with Gasteiger partial charge in [0, 0.05) is 53.4 Å². The van der Waals surface area contributed by atoms with Crippen LogP contribution in [-0.4, -0.2) is 61.4 Å². The van der Waals surface area contributed by atoms with Crippen LogP contribution in [0.1, 0.15) is 11.1 Å². The highest BCUT2D eigenvalue weighted by Crippen LogP contribution is 2.67. The molecule has 0 aliphatic heterocycles. The lowest BCUT2D eigenvalue weighted by Crippen LogP contribution is -2.37. The Labute approximate surface area is 157 Å². The van der Waals surface area contributed by atoms with Gasteiger partial charge >= 0.3 is 7.94 Å². The number of nitrogens with zero attached hydrogens (tertiary/aromatic N) is 3. The maximum atomic E-state index is 11.1. The van der Waals surface area contributed by atoms with E-state index < -0.39 is 7.94 Å². The van der Waals surface area contributed by atoms with E-state index in [1.165, 1.54) is 0 Å². The third-order valence-corrected chi connectivity index (χ3v) is 7.63. The minimum atomic E-state index is -2.33. The van der Waals surface area contributed by atoms with Crippen molar-refractivity contribution in [3.05, 3.63) is 71.8 Å². The quantitative estimate of drug-likeness (QED) is 0.440. The van der Waals surface area contributed by atoms with Crippen LogP contribution in [0.3, 0.4) is 0 Å². The van der Waals surface area contributed by atoms with Gasteiger partial charge in [-0.25, -0.2) is 0 Å². The summed E-state index contributed by atoms with van der Waals surface area (Å²) in [7, 11) is 9.65. The fourth-order valence-corrected chi connectivity index (χ4v) is 6.06. The summed E-state index contributed by atoms with van der Waals surface area (Å²) in [5.41, 5.74) is 1.56. The summed E-state index contributed by atoms with van der Waals surface area (Å²) >= 11 is 0. The average Bonchev–Trinajstić information content (AvgIpc) is 2.62. The predicted molar refractivity (Wildman–Crippen MR) is 111 cm³/mol. The van der Waals surface area contributed by atoms with Gasteiger partial charge in [-0.1, -0.05) is 60.7 Å². The van der Waals surface area contributed by atoms with Gasteiger partial charge in [0.1, 0.15) is 0 Å². The molecule has 0 aromatic heterocycles. The van der Waals surface area contributed by atoms with Crippen LogP contribution in [0.15, 0.2) is 60.7 Å². The Morgan fingerprint density at radius 3 is 1.46 bits per heavy atom. The Morgan fingerprint density at radius 1 is 0.692 bits per heavy atom. The van der Waals surface area contributed by atoms with Crippen LogP contribution in [0.25, 0.3) is 11.5 Å². The van der Waals surface area contributed by atoms with Gasteiger partial charge in [-0.05, 0) is 0 Å². The normalized spacial score (nSPS) is 13.3. The molecule has 0 radical (unpaired) electrons. The second-order valence-corrected chi connectivity index (χ2v) is 10.2. The van der Waals surface area contributed by atoms with Crippen molar-refractivity contribution < 1.29 is 9.63 Å². The Balaban J connectivity index is 2.65. The van der Waals surface area contributed by atoms with E-state index in [2.05, 4.69) is 14.0 Å². The predicted octanol–water partition coefficient (Wildman–Crippen LogP) is 4.45. The molecule has 0 saturated heterocycles. The van der Waals surface area contributed by atoms with Crippen LogP contribution >= 0.6 is 7.94 Å². The Hall–Kier alpha value is -1.91. The van der Waals surface area contributed by atoms with Gasteiger partial charge in [-0.2, -0.15) is 0 Å². The molecule has 2 aromatic rings. The summed E-state index contributed by atoms with van der Waals surface area (Å²) in [6.07, 6.45) is 0. The van der Waals surface area contributed by atoms with Crippen molar-refractivity contribution in [3.8, 4) is 0 Å². The number of rotatable bonds is 7. The molecule has 0 heterocycles. The lowest BCUT2D eigenvalue weighted by molar-refractivity contribution is 0.330. The number of hydrogen-bond donors (Lipinski definition) is 1. The first-order valence-corrected chi connectivity index (χ1v) is 10.0. The van der Waals surface area contributed by atoms with Crippen LogP contribution in [0.4, 0.5) is 0 Å². The van der Waals surface area contributed by atoms with Crippen LogP contribution in [-0.2, 0) is 4.52 Å². The molecule has 0 spiro atoms. The van der Waals surface area contributed by atoms with Crippen molar-refractivity contribution >= 4 is 19.5 Å². The Kier molecular flexibility index (Phi) is 6.79. The molecule has 2 aromatic carbocycles. The van der Waals surface area contributed by atoms with E-state index in [1.54, 1.807) is 0 Å². The Morgan fingerprint density at radius 2 is 1.08 bits per heavy atom. The van der Waals surface area contributed by atoms with Crippen molar-refractivity contribution in [3.63, 3.8) is 0 Å². The number of aliphatic hydroxyl groups excluding tert-OH is 1. The third kappa shape index (κ3) is 4.08. The zero-order valence-electron chi connectivity index (χ0n) is 16.4. The second-order valence-electron chi connectivity index (χ2n) is 6.56. The van der Waals surface area contributed by atoms with Gasteiger partial charge < -0.3 is 5.11 Å². The summed E-state index contributed by atoms with van der Waals surface area (Å²) in [5, 5.41) is 11.1. The van der Waals surface area contributed by atoms with Crippen molar-refractivity contribution in [2.24, 2.45) is 0 Å². The van der Waals surface area contributed by atoms with Gasteiger partial charge in [-0.3, -0.25) is 4.52 Å². The van der Waals surface area contributed by atoms with Crippen LogP contribution in [0, 0.1) is 0 Å². The lowest BCUT2D eigenvalue weighted by Gasteiger charge is -2.37. The monoisotopic (exact) mass is 374 g/mol. The standard InChI is InChI=1S/C20H28N3O2P/c1-21(2)26(22(3)4,23(5)6)25-20(18-15-11-8-12-16-18)19(24)17-13-9-7-10-14-17/h7-16H,1-6H3/p+1/b20-19-. The molecule has 0 unspecified atom stereocenters. The zero-order chi connectivity index (χ0) is 19.3. The largest absolute Gasteiger partial charge is 0.504 e. The fourth-order valence-electron chi connectivity index (χ4n) is 2.99. The fraction of sp³-hybridized carbons (Fsp3) is 0.300. The number of aliphatic hydroxyl groups is 1. The van der Waals surface area contributed by atoms with Gasteiger partial charge in [0.15, 0.2) is 5.76 Å². The highest BCUT2D eigenvalue weighted by atomic mass is 31.2. The molecule has 0 aliphatic carbocycles. The lowest BCUT2D eigenvalue weighted by atomic mass is 10.1. The first-order chi connectivity index (χ1) is 12.3. The first kappa shape index (κ1) is 20.4. The first-order valence-electron chi connectivity index (χ1n) is 8.46. The highest BCUT2D eigenvalue weighted by molar-refractivity contribution is 7.64. The van der Waals surface area contributed by atoms with E-state index in [0.717, 1.165) is 11.1 Å². The number of hydrogen-bond acceptors (Lipinski definition) is 5. The summed E-state index contributed by atoms with van der Waals surface area (Å²) in [6, 6.07) is 19.2. The minimum absolute atomic E-state index is 0.131. The van der Waals surface area contributed by atoms with E-state index in [4.69, 9.17) is 4.52 Å². The van der Waals surface area contributed by atoms with E-state index in [1.807, 2.05) is 103 Å². The Bertz CT molecular complexity index is 709. The van der Waals surface area contributed by atoms with Crippen molar-refractivity contribution in [1.29, 1.82) is 0 Å². The molecule has 6 heteroatoms. The van der Waals surface area contributed by atoms with E-state index >= 15 is 0 Å². The van der Waals surface area contributed by atoms with Gasteiger partial charge in [0.25, 0.3) is 0 Å². The maximum absolute atomic E-state index is 11.1. The van der Waals surface area contributed by atoms with Gasteiger partial charge in [0.05, 0.1) is 0 Å². The van der Waals surface area contributed by atoms with Crippen molar-refractivity contribution in [1.82, 2.24) is 14.0 Å². The molecule has 5 nitrogen and oxygen atoms in total. The summed E-state index contributed by atoms with van der Waals surface area (Å²) in [6.45, 7) is 0. The third-order valence-electron chi connectivity index (χ3n) is 4.08. The molecule has 0 atom stereocenters. The maximum Gasteiger partial charge on any atom is 0.416 e. The topological polar surface area (TPSA) is 39.2 Å². The molecule has 0 aliphatic rings. The molecule has 0 bridgehead atoms. The summed E-state index contributed by atoms with van der Waals surface area (Å²) in [5.74, 6) is 0.605. The molecule has 0 saturated carbocycles. The molecule has 0 fully saturated rings. The smallest absolute Gasteiger partial charge is 0.416 e. The SMILES string of the molecule is CN(C)[P+](O/C(=C(\O)c1ccccc1)c1ccccc1)(N(C)C)N(C)C.